The number of benzene rings is 1. The maximum Gasteiger partial charge on any atom is 0.411 e. The second-order valence-electron chi connectivity index (χ2n) is 6.72. The molecule has 1 aliphatic rings. The van der Waals surface area contributed by atoms with Crippen LogP contribution in [0.3, 0.4) is 0 Å². The van der Waals surface area contributed by atoms with Crippen molar-refractivity contribution in [1.29, 1.82) is 0 Å². The Labute approximate surface area is 186 Å². The lowest BCUT2D eigenvalue weighted by Crippen LogP contribution is -2.37. The first kappa shape index (κ1) is 25.5. The molecule has 0 bridgehead atoms. The van der Waals surface area contributed by atoms with Gasteiger partial charge in [0.05, 0.1) is 6.61 Å². The van der Waals surface area contributed by atoms with Crippen LogP contribution < -0.4 is 16.0 Å². The fraction of sp³-hybridized carbons (Fsp3) is 0.579. The Balaban J connectivity index is 0.00000420. The molecule has 0 radical (unpaired) electrons. The summed E-state index contributed by atoms with van der Waals surface area (Å²) >= 11 is 0. The molecule has 10 heteroatoms. The largest absolute Gasteiger partial charge is 0.411 e. The second-order valence-corrected chi connectivity index (χ2v) is 6.72. The number of hydrogen-bond donors (Lipinski definition) is 3. The highest BCUT2D eigenvalue weighted by Crippen LogP contribution is 2.18. The van der Waals surface area contributed by atoms with Gasteiger partial charge in [0.15, 0.2) is 5.96 Å². The van der Waals surface area contributed by atoms with Crippen molar-refractivity contribution in [3.8, 4) is 0 Å². The zero-order chi connectivity index (χ0) is 20.4. The number of aliphatic imine (C=N–C) groups is 1. The number of hydrogen-bond acceptors (Lipinski definition) is 3. The Hall–Kier alpha value is -1.56. The summed E-state index contributed by atoms with van der Waals surface area (Å²) in [5.41, 5.74) is 1.64. The van der Waals surface area contributed by atoms with Gasteiger partial charge in [0.2, 0.25) is 5.91 Å². The Kier molecular flexibility index (Phi) is 11.3. The molecule has 29 heavy (non-hydrogen) atoms. The monoisotopic (exact) mass is 528 g/mol. The van der Waals surface area contributed by atoms with Crippen LogP contribution in [0.25, 0.3) is 0 Å². The molecule has 164 valence electrons. The zero-order valence-corrected chi connectivity index (χ0v) is 18.7. The molecule has 2 rings (SSSR count). The molecule has 0 aromatic heterocycles. The fourth-order valence-electron chi connectivity index (χ4n) is 2.43. The third-order valence-electron chi connectivity index (χ3n) is 4.06. The van der Waals surface area contributed by atoms with Gasteiger partial charge < -0.3 is 20.7 Å². The van der Waals surface area contributed by atoms with Gasteiger partial charge in [-0.15, -0.1) is 24.0 Å². The molecule has 1 saturated carbocycles. The lowest BCUT2D eigenvalue weighted by atomic mass is 10.1. The van der Waals surface area contributed by atoms with Crippen molar-refractivity contribution < 1.29 is 22.7 Å². The van der Waals surface area contributed by atoms with Crippen molar-refractivity contribution in [2.45, 2.75) is 51.1 Å². The normalized spacial score (nSPS) is 14.1. The van der Waals surface area contributed by atoms with Gasteiger partial charge in [-0.05, 0) is 30.4 Å². The average molecular weight is 528 g/mol. The fourth-order valence-corrected chi connectivity index (χ4v) is 2.43. The molecule has 0 unspecified atom stereocenters. The SMILES string of the molecule is CN=C(NCCCC(=O)NC1CC1)NCc1ccc(COCC(F)(F)F)cc1.I. The Morgan fingerprint density at radius 1 is 1.17 bits per heavy atom. The van der Waals surface area contributed by atoms with Crippen molar-refractivity contribution in [1.82, 2.24) is 16.0 Å². The number of rotatable bonds is 10. The number of guanidine groups is 1. The van der Waals surface area contributed by atoms with E-state index in [-0.39, 0.29) is 36.5 Å². The van der Waals surface area contributed by atoms with Crippen LogP contribution in [0.2, 0.25) is 0 Å². The summed E-state index contributed by atoms with van der Waals surface area (Å²) in [7, 11) is 1.66. The third-order valence-corrected chi connectivity index (χ3v) is 4.06. The van der Waals surface area contributed by atoms with Crippen LogP contribution in [0.5, 0.6) is 0 Å². The van der Waals surface area contributed by atoms with Crippen LogP contribution >= 0.6 is 24.0 Å². The number of nitrogens with zero attached hydrogens (tertiary/aromatic N) is 1. The zero-order valence-electron chi connectivity index (χ0n) is 16.3. The summed E-state index contributed by atoms with van der Waals surface area (Å²) in [6, 6.07) is 7.52. The van der Waals surface area contributed by atoms with Gasteiger partial charge in [0.25, 0.3) is 0 Å². The number of amides is 1. The first-order valence-corrected chi connectivity index (χ1v) is 9.32. The maximum absolute atomic E-state index is 12.1. The minimum Gasteiger partial charge on any atom is -0.367 e. The number of carbonyl (C=O) groups excluding carboxylic acids is 1. The highest BCUT2D eigenvalue weighted by molar-refractivity contribution is 14.0. The molecule has 1 amide bonds. The van der Waals surface area contributed by atoms with E-state index in [0.717, 1.165) is 18.4 Å². The molecule has 1 aromatic carbocycles. The van der Waals surface area contributed by atoms with Gasteiger partial charge >= 0.3 is 6.18 Å². The van der Waals surface area contributed by atoms with Gasteiger partial charge in [0, 0.05) is 32.6 Å². The quantitative estimate of drug-likeness (QED) is 0.189. The minimum atomic E-state index is -4.31. The molecule has 0 aliphatic heterocycles. The van der Waals surface area contributed by atoms with Crippen LogP contribution in [0, 0.1) is 0 Å². The molecule has 1 aliphatic carbocycles. The highest BCUT2D eigenvalue weighted by atomic mass is 127. The summed E-state index contributed by atoms with van der Waals surface area (Å²) in [4.78, 5) is 15.7. The van der Waals surface area contributed by atoms with E-state index in [4.69, 9.17) is 0 Å². The van der Waals surface area contributed by atoms with Crippen molar-refractivity contribution in [2.24, 2.45) is 4.99 Å². The van der Waals surface area contributed by atoms with Crippen molar-refractivity contribution in [2.75, 3.05) is 20.2 Å². The molecule has 1 fully saturated rings. The van der Waals surface area contributed by atoms with E-state index in [1.807, 2.05) is 12.1 Å². The lowest BCUT2D eigenvalue weighted by molar-refractivity contribution is -0.176. The van der Waals surface area contributed by atoms with Crippen LogP contribution in [-0.2, 0) is 22.7 Å². The molecule has 0 spiro atoms. The van der Waals surface area contributed by atoms with E-state index in [9.17, 15) is 18.0 Å². The molecular weight excluding hydrogens is 500 g/mol. The van der Waals surface area contributed by atoms with Crippen LogP contribution in [0.1, 0.15) is 36.8 Å². The summed E-state index contributed by atoms with van der Waals surface area (Å²) in [5.74, 6) is 0.715. The average Bonchev–Trinajstić information content (AvgIpc) is 3.45. The lowest BCUT2D eigenvalue weighted by Gasteiger charge is -2.12. The maximum atomic E-state index is 12.1. The molecule has 6 nitrogen and oxygen atoms in total. The van der Waals surface area contributed by atoms with Gasteiger partial charge in [-0.1, -0.05) is 24.3 Å². The molecule has 3 N–H and O–H groups in total. The van der Waals surface area contributed by atoms with Crippen LogP contribution in [0.15, 0.2) is 29.3 Å². The first-order valence-electron chi connectivity index (χ1n) is 9.32. The summed E-state index contributed by atoms with van der Waals surface area (Å²) < 4.78 is 40.8. The third kappa shape index (κ3) is 11.9. The van der Waals surface area contributed by atoms with E-state index < -0.39 is 12.8 Å². The Bertz CT molecular complexity index is 650. The van der Waals surface area contributed by atoms with Crippen LogP contribution in [0.4, 0.5) is 13.2 Å². The number of halogens is 4. The highest BCUT2D eigenvalue weighted by Gasteiger charge is 2.27. The molecule has 0 heterocycles. The minimum absolute atomic E-state index is 0. The van der Waals surface area contributed by atoms with Gasteiger partial charge in [-0.25, -0.2) is 0 Å². The number of ether oxygens (including phenoxy) is 1. The number of carbonyl (C=O) groups is 1. The summed E-state index contributed by atoms with van der Waals surface area (Å²) in [6.45, 7) is -0.177. The summed E-state index contributed by atoms with van der Waals surface area (Å²) in [6.07, 6.45) is -0.942. The van der Waals surface area contributed by atoms with E-state index in [2.05, 4.69) is 25.7 Å². The van der Waals surface area contributed by atoms with Crippen molar-refractivity contribution in [3.05, 3.63) is 35.4 Å². The van der Waals surface area contributed by atoms with E-state index in [1.165, 1.54) is 0 Å². The predicted octanol–water partition coefficient (Wildman–Crippen LogP) is 3.11. The van der Waals surface area contributed by atoms with E-state index in [1.54, 1.807) is 19.2 Å². The topological polar surface area (TPSA) is 74.8 Å². The standard InChI is InChI=1S/C19H27F3N4O2.HI/c1-23-18(24-10-2-3-17(27)26-16-8-9-16)25-11-14-4-6-15(7-5-14)12-28-13-19(20,21)22;/h4-7,16H,2-3,8-13H2,1H3,(H,26,27)(H2,23,24,25);1H. The van der Waals surface area contributed by atoms with Crippen molar-refractivity contribution >= 4 is 35.8 Å². The smallest absolute Gasteiger partial charge is 0.367 e. The summed E-state index contributed by atoms with van der Waals surface area (Å²) in [5, 5.41) is 9.26. The van der Waals surface area contributed by atoms with Crippen molar-refractivity contribution in [3.63, 3.8) is 0 Å². The van der Waals surface area contributed by atoms with Gasteiger partial charge in [-0.2, -0.15) is 13.2 Å². The Morgan fingerprint density at radius 2 is 1.83 bits per heavy atom. The van der Waals surface area contributed by atoms with E-state index >= 15 is 0 Å². The van der Waals surface area contributed by atoms with Gasteiger partial charge in [-0.3, -0.25) is 9.79 Å². The number of nitrogens with one attached hydrogen (secondary N) is 3. The Morgan fingerprint density at radius 3 is 2.41 bits per heavy atom. The molecular formula is C19H28F3IN4O2. The number of alkyl halides is 3. The van der Waals surface area contributed by atoms with E-state index in [0.29, 0.717) is 43.5 Å². The molecule has 1 aromatic rings. The second kappa shape index (κ2) is 12.9. The van der Waals surface area contributed by atoms with Crippen LogP contribution in [-0.4, -0.2) is 44.3 Å². The predicted molar refractivity (Wildman–Crippen MR) is 116 cm³/mol. The molecule has 0 saturated heterocycles. The first-order chi connectivity index (χ1) is 13.4. The molecule has 0 atom stereocenters. The van der Waals surface area contributed by atoms with Gasteiger partial charge in [0.1, 0.15) is 6.61 Å².